The van der Waals surface area contributed by atoms with Crippen LogP contribution in [0.3, 0.4) is 0 Å². The van der Waals surface area contributed by atoms with Crippen molar-refractivity contribution in [3.05, 3.63) is 12.2 Å². The highest BCUT2D eigenvalue weighted by Gasteiger charge is 2.62. The van der Waals surface area contributed by atoms with Gasteiger partial charge in [-0.1, -0.05) is 26.0 Å². The summed E-state index contributed by atoms with van der Waals surface area (Å²) < 4.78 is 25.9. The highest BCUT2D eigenvalue weighted by molar-refractivity contribution is 5.83. The molecule has 0 aromatic carbocycles. The van der Waals surface area contributed by atoms with E-state index in [1.807, 2.05) is 19.1 Å². The molecule has 0 N–H and O–H groups in total. The topological polar surface area (TPSA) is 55.8 Å². The summed E-state index contributed by atoms with van der Waals surface area (Å²) >= 11 is 0. The molecule has 0 bridgehead atoms. The molecule has 0 spiro atoms. The van der Waals surface area contributed by atoms with E-state index >= 15 is 4.39 Å². The molecule has 0 aromatic rings. The summed E-state index contributed by atoms with van der Waals surface area (Å²) in [5.74, 6) is -1.80. The molecule has 1 aliphatic carbocycles. The molecule has 0 radical (unpaired) electrons. The van der Waals surface area contributed by atoms with E-state index in [1.54, 1.807) is 27.7 Å². The predicted molar refractivity (Wildman–Crippen MR) is 83.5 cm³/mol. The summed E-state index contributed by atoms with van der Waals surface area (Å²) in [7, 11) is 1.25. The normalized spacial score (nSPS) is 36.6. The van der Waals surface area contributed by atoms with Crippen molar-refractivity contribution in [1.29, 1.82) is 0 Å². The molecule has 0 unspecified atom stereocenters. The van der Waals surface area contributed by atoms with Crippen molar-refractivity contribution in [2.24, 2.45) is 17.8 Å². The number of halogens is 1. The number of methoxy groups -OCH3 is 1. The Hall–Kier alpha value is -1.59. The third-order valence-electron chi connectivity index (χ3n) is 4.74. The first-order valence-corrected chi connectivity index (χ1v) is 7.96. The average Bonchev–Trinajstić information content (AvgIpc) is 2.76. The van der Waals surface area contributed by atoms with E-state index < -0.39 is 35.3 Å². The van der Waals surface area contributed by atoms with E-state index in [0.717, 1.165) is 0 Å². The summed E-state index contributed by atoms with van der Waals surface area (Å²) in [4.78, 5) is 26.0. The lowest BCUT2D eigenvalue weighted by molar-refractivity contribution is -0.148. The number of amides is 1. The van der Waals surface area contributed by atoms with Gasteiger partial charge in [0.1, 0.15) is 17.3 Å². The second kappa shape index (κ2) is 5.80. The Morgan fingerprint density at radius 3 is 2.39 bits per heavy atom. The minimum Gasteiger partial charge on any atom is -0.467 e. The fraction of sp³-hybridized carbons (Fsp3) is 0.765. The van der Waals surface area contributed by atoms with Gasteiger partial charge in [-0.25, -0.2) is 14.0 Å². The molecule has 0 aromatic heterocycles. The lowest BCUT2D eigenvalue weighted by atomic mass is 9.69. The van der Waals surface area contributed by atoms with Crippen LogP contribution in [-0.2, 0) is 14.3 Å². The van der Waals surface area contributed by atoms with Gasteiger partial charge in [-0.2, -0.15) is 0 Å². The van der Waals surface area contributed by atoms with Gasteiger partial charge in [-0.15, -0.1) is 0 Å². The fourth-order valence-electron chi connectivity index (χ4n) is 3.61. The smallest absolute Gasteiger partial charge is 0.411 e. The standard InChI is InChI=1S/C17H26FNO4/c1-10-7-8-11(2)17(18)9-19(15(21)23-16(3,4)5)13(12(10)17)14(20)22-6/h7-8,10-13H,9H2,1-6H3/t10-,11+,12-,13+,17+/m1/s1. The number of likely N-dealkylation sites (tertiary alicyclic amines) is 1. The van der Waals surface area contributed by atoms with Crippen molar-refractivity contribution < 1.29 is 23.5 Å². The van der Waals surface area contributed by atoms with Crippen LogP contribution in [-0.4, -0.2) is 47.9 Å². The molecule has 5 atom stereocenters. The Balaban J connectivity index is 2.40. The summed E-state index contributed by atoms with van der Waals surface area (Å²) in [6.07, 6.45) is 3.04. The average molecular weight is 327 g/mol. The van der Waals surface area contributed by atoms with Gasteiger partial charge in [0.25, 0.3) is 0 Å². The van der Waals surface area contributed by atoms with Gasteiger partial charge >= 0.3 is 12.1 Å². The molecule has 130 valence electrons. The Bertz CT molecular complexity index is 527. The summed E-state index contributed by atoms with van der Waals surface area (Å²) in [6, 6.07) is -0.970. The van der Waals surface area contributed by atoms with Crippen LogP contribution < -0.4 is 0 Å². The van der Waals surface area contributed by atoms with E-state index in [9.17, 15) is 9.59 Å². The number of alkyl halides is 1. The zero-order valence-electron chi connectivity index (χ0n) is 14.6. The van der Waals surface area contributed by atoms with Crippen LogP contribution in [0.15, 0.2) is 12.2 Å². The minimum absolute atomic E-state index is 0.164. The van der Waals surface area contributed by atoms with Crippen LogP contribution in [0.2, 0.25) is 0 Å². The monoisotopic (exact) mass is 327 g/mol. The van der Waals surface area contributed by atoms with Crippen LogP contribution in [0.5, 0.6) is 0 Å². The number of hydrogen-bond donors (Lipinski definition) is 0. The van der Waals surface area contributed by atoms with Gasteiger partial charge in [-0.3, -0.25) is 4.90 Å². The maximum atomic E-state index is 15.7. The van der Waals surface area contributed by atoms with Crippen LogP contribution in [0.25, 0.3) is 0 Å². The second-order valence-electron chi connectivity index (χ2n) is 7.56. The molecule has 23 heavy (non-hydrogen) atoms. The van der Waals surface area contributed by atoms with E-state index in [-0.39, 0.29) is 18.4 Å². The Morgan fingerprint density at radius 1 is 1.26 bits per heavy atom. The lowest BCUT2D eigenvalue weighted by Gasteiger charge is -2.38. The van der Waals surface area contributed by atoms with E-state index in [4.69, 9.17) is 9.47 Å². The minimum atomic E-state index is -1.66. The van der Waals surface area contributed by atoms with Gasteiger partial charge in [0.05, 0.1) is 13.7 Å². The SMILES string of the molecule is COC(=O)[C@@H]1[C@H]2[C@H](C)C=C[C@H](C)[C@@]2(F)CN1C(=O)OC(C)(C)C. The molecule has 5 nitrogen and oxygen atoms in total. The number of allylic oxidation sites excluding steroid dienone is 2. The zero-order valence-corrected chi connectivity index (χ0v) is 14.6. The van der Waals surface area contributed by atoms with Crippen molar-refractivity contribution in [2.45, 2.75) is 51.9 Å². The third-order valence-corrected chi connectivity index (χ3v) is 4.74. The van der Waals surface area contributed by atoms with Gasteiger partial charge in [0.15, 0.2) is 0 Å². The number of carbonyl (C=O) groups is 2. The van der Waals surface area contributed by atoms with Gasteiger partial charge in [0.2, 0.25) is 0 Å². The second-order valence-corrected chi connectivity index (χ2v) is 7.56. The molecule has 1 saturated heterocycles. The molecule has 1 aliphatic heterocycles. The number of rotatable bonds is 1. The first-order chi connectivity index (χ1) is 10.5. The summed E-state index contributed by atoms with van der Waals surface area (Å²) in [5.41, 5.74) is -2.38. The summed E-state index contributed by atoms with van der Waals surface area (Å²) in [5, 5.41) is 0. The number of nitrogens with zero attached hydrogens (tertiary/aromatic N) is 1. The first-order valence-electron chi connectivity index (χ1n) is 7.96. The number of carbonyl (C=O) groups excluding carboxylic acids is 2. The molecule has 0 saturated carbocycles. The van der Waals surface area contributed by atoms with Crippen molar-refractivity contribution in [3.63, 3.8) is 0 Å². The number of fused-ring (bicyclic) bond motifs is 1. The third kappa shape index (κ3) is 3.08. The Labute approximate surface area is 136 Å². The first kappa shape index (κ1) is 17.8. The van der Waals surface area contributed by atoms with Crippen LogP contribution >= 0.6 is 0 Å². The number of hydrogen-bond acceptors (Lipinski definition) is 4. The number of esters is 1. The molecular weight excluding hydrogens is 301 g/mol. The van der Waals surface area contributed by atoms with Gasteiger partial charge in [0, 0.05) is 11.8 Å². The van der Waals surface area contributed by atoms with E-state index in [2.05, 4.69) is 0 Å². The molecular formula is C17H26FNO4. The van der Waals surface area contributed by atoms with E-state index in [0.29, 0.717) is 0 Å². The Morgan fingerprint density at radius 2 is 1.87 bits per heavy atom. The Kier molecular flexibility index (Phi) is 4.48. The highest BCUT2D eigenvalue weighted by Crippen LogP contribution is 2.49. The molecule has 2 aliphatic rings. The fourth-order valence-corrected chi connectivity index (χ4v) is 3.61. The zero-order chi connectivity index (χ0) is 17.6. The number of ether oxygens (including phenoxy) is 2. The van der Waals surface area contributed by atoms with Crippen LogP contribution in [0.4, 0.5) is 9.18 Å². The molecule has 1 amide bonds. The largest absolute Gasteiger partial charge is 0.467 e. The lowest BCUT2D eigenvalue weighted by Crippen LogP contribution is -2.48. The highest BCUT2D eigenvalue weighted by atomic mass is 19.1. The van der Waals surface area contributed by atoms with E-state index in [1.165, 1.54) is 12.0 Å². The molecule has 6 heteroatoms. The maximum absolute atomic E-state index is 15.7. The molecule has 1 fully saturated rings. The molecule has 2 rings (SSSR count). The summed E-state index contributed by atoms with van der Waals surface area (Å²) in [6.45, 7) is 8.66. The molecule has 1 heterocycles. The van der Waals surface area contributed by atoms with Gasteiger partial charge < -0.3 is 9.47 Å². The van der Waals surface area contributed by atoms with Crippen LogP contribution in [0, 0.1) is 17.8 Å². The van der Waals surface area contributed by atoms with Gasteiger partial charge in [-0.05, 0) is 26.7 Å². The maximum Gasteiger partial charge on any atom is 0.411 e. The van der Waals surface area contributed by atoms with Crippen molar-refractivity contribution in [3.8, 4) is 0 Å². The van der Waals surface area contributed by atoms with Crippen molar-refractivity contribution in [1.82, 2.24) is 4.90 Å². The quantitative estimate of drug-likeness (QED) is 0.549. The predicted octanol–water partition coefficient (Wildman–Crippen LogP) is 2.95. The van der Waals surface area contributed by atoms with Crippen LogP contribution in [0.1, 0.15) is 34.6 Å². The van der Waals surface area contributed by atoms with Crippen molar-refractivity contribution >= 4 is 12.1 Å². The van der Waals surface area contributed by atoms with Crippen molar-refractivity contribution in [2.75, 3.05) is 13.7 Å².